The summed E-state index contributed by atoms with van der Waals surface area (Å²) in [5.74, 6) is -1.61. The lowest BCUT2D eigenvalue weighted by Gasteiger charge is -2.36. The van der Waals surface area contributed by atoms with Crippen LogP contribution in [0.4, 0.5) is 25.0 Å². The van der Waals surface area contributed by atoms with Gasteiger partial charge in [-0.05, 0) is 12.2 Å². The first kappa shape index (κ1) is 21.0. The maximum atomic E-state index is 14.7. The second kappa shape index (κ2) is 8.76. The van der Waals surface area contributed by atoms with Gasteiger partial charge in [0, 0.05) is 45.2 Å². The number of hydrogen-bond donors (Lipinski definition) is 1. The van der Waals surface area contributed by atoms with Gasteiger partial charge in [0.05, 0.1) is 25.9 Å². The normalized spacial score (nSPS) is 19.2. The molecule has 1 N–H and O–H groups in total. The van der Waals surface area contributed by atoms with E-state index in [1.54, 1.807) is 9.80 Å². The largest absolute Gasteiger partial charge is 0.474 e. The SMILES string of the molecule is COC(=S)NCC1CN(c2cc(F)c(N3CCN(C(C)=O)CC3)c(F)c2)C(=O)O1. The molecule has 11 heteroatoms. The summed E-state index contributed by atoms with van der Waals surface area (Å²) >= 11 is 4.86. The molecule has 0 bridgehead atoms. The molecule has 0 aliphatic carbocycles. The maximum absolute atomic E-state index is 14.7. The zero-order valence-electron chi connectivity index (χ0n) is 16.1. The summed E-state index contributed by atoms with van der Waals surface area (Å²) in [6.45, 7) is 3.24. The zero-order valence-corrected chi connectivity index (χ0v) is 16.9. The second-order valence-electron chi connectivity index (χ2n) is 6.74. The topological polar surface area (TPSA) is 74.4 Å². The number of rotatable bonds is 4. The van der Waals surface area contributed by atoms with Crippen molar-refractivity contribution in [1.29, 1.82) is 0 Å². The minimum atomic E-state index is -0.772. The number of nitrogens with zero attached hydrogens (tertiary/aromatic N) is 3. The first-order chi connectivity index (χ1) is 13.8. The Balaban J connectivity index is 1.70. The van der Waals surface area contributed by atoms with Gasteiger partial charge in [-0.1, -0.05) is 0 Å². The van der Waals surface area contributed by atoms with Gasteiger partial charge in [0.15, 0.2) is 11.6 Å². The number of amides is 2. The predicted octanol–water partition coefficient (Wildman–Crippen LogP) is 1.48. The number of ether oxygens (including phenoxy) is 2. The summed E-state index contributed by atoms with van der Waals surface area (Å²) in [6, 6.07) is 2.24. The van der Waals surface area contributed by atoms with Crippen molar-refractivity contribution in [1.82, 2.24) is 10.2 Å². The van der Waals surface area contributed by atoms with Crippen molar-refractivity contribution >= 4 is 40.8 Å². The highest BCUT2D eigenvalue weighted by Gasteiger charge is 2.34. The van der Waals surface area contributed by atoms with Gasteiger partial charge in [-0.2, -0.15) is 0 Å². The molecule has 0 aromatic heterocycles. The quantitative estimate of drug-likeness (QED) is 0.729. The van der Waals surface area contributed by atoms with Crippen molar-refractivity contribution in [3.05, 3.63) is 23.8 Å². The number of anilines is 2. The number of carbonyl (C=O) groups is 2. The molecule has 0 saturated carbocycles. The van der Waals surface area contributed by atoms with Gasteiger partial charge in [0.25, 0.3) is 5.17 Å². The van der Waals surface area contributed by atoms with Crippen molar-refractivity contribution < 1.29 is 27.8 Å². The van der Waals surface area contributed by atoms with E-state index in [0.29, 0.717) is 26.2 Å². The van der Waals surface area contributed by atoms with E-state index >= 15 is 0 Å². The van der Waals surface area contributed by atoms with Crippen LogP contribution in [0.25, 0.3) is 0 Å². The highest BCUT2D eigenvalue weighted by atomic mass is 32.1. The molecular weight excluding hydrogens is 406 g/mol. The lowest BCUT2D eigenvalue weighted by Crippen LogP contribution is -2.48. The molecule has 2 aliphatic heterocycles. The molecule has 2 amide bonds. The molecule has 8 nitrogen and oxygen atoms in total. The van der Waals surface area contributed by atoms with Crippen LogP contribution in [0, 0.1) is 11.6 Å². The maximum Gasteiger partial charge on any atom is 0.414 e. The average Bonchev–Trinajstić information content (AvgIpc) is 3.06. The minimum absolute atomic E-state index is 0.0659. The van der Waals surface area contributed by atoms with E-state index in [-0.39, 0.29) is 35.5 Å². The molecule has 0 spiro atoms. The first-order valence-electron chi connectivity index (χ1n) is 9.09. The van der Waals surface area contributed by atoms with E-state index in [0.717, 1.165) is 12.1 Å². The van der Waals surface area contributed by atoms with Gasteiger partial charge in [0.2, 0.25) is 5.91 Å². The average molecular weight is 428 g/mol. The minimum Gasteiger partial charge on any atom is -0.474 e. The monoisotopic (exact) mass is 428 g/mol. The Labute approximate surface area is 172 Å². The highest BCUT2D eigenvalue weighted by molar-refractivity contribution is 7.80. The van der Waals surface area contributed by atoms with Gasteiger partial charge in [-0.3, -0.25) is 9.69 Å². The number of benzene rings is 1. The van der Waals surface area contributed by atoms with Crippen LogP contribution in [-0.2, 0) is 14.3 Å². The summed E-state index contributed by atoms with van der Waals surface area (Å²) in [5.41, 5.74) is -0.0823. The number of nitrogens with one attached hydrogen (secondary N) is 1. The number of carbonyl (C=O) groups excluding carboxylic acids is 2. The molecule has 3 rings (SSSR count). The predicted molar refractivity (Wildman–Crippen MR) is 106 cm³/mol. The summed E-state index contributed by atoms with van der Waals surface area (Å²) in [4.78, 5) is 27.9. The van der Waals surface area contributed by atoms with Gasteiger partial charge in [-0.25, -0.2) is 13.6 Å². The number of piperazine rings is 1. The lowest BCUT2D eigenvalue weighted by molar-refractivity contribution is -0.129. The third kappa shape index (κ3) is 4.66. The number of halogens is 2. The lowest BCUT2D eigenvalue weighted by atomic mass is 10.2. The Hall–Kier alpha value is -2.69. The molecule has 1 unspecified atom stereocenters. The fourth-order valence-electron chi connectivity index (χ4n) is 3.36. The molecule has 1 aromatic carbocycles. The van der Waals surface area contributed by atoms with Crippen molar-refractivity contribution in [3.8, 4) is 0 Å². The van der Waals surface area contributed by atoms with Crippen LogP contribution in [-0.4, -0.2) is 74.6 Å². The summed E-state index contributed by atoms with van der Waals surface area (Å²) in [5, 5.41) is 2.93. The van der Waals surface area contributed by atoms with Crippen LogP contribution in [0.5, 0.6) is 0 Å². The van der Waals surface area contributed by atoms with E-state index in [2.05, 4.69) is 5.32 Å². The van der Waals surface area contributed by atoms with Crippen molar-refractivity contribution in [2.75, 3.05) is 56.2 Å². The van der Waals surface area contributed by atoms with Crippen LogP contribution in [0.2, 0.25) is 0 Å². The van der Waals surface area contributed by atoms with Crippen LogP contribution in [0.3, 0.4) is 0 Å². The number of hydrogen-bond acceptors (Lipinski definition) is 6. The third-order valence-electron chi connectivity index (χ3n) is 4.89. The third-order valence-corrected chi connectivity index (χ3v) is 5.20. The smallest absolute Gasteiger partial charge is 0.414 e. The number of methoxy groups -OCH3 is 1. The van der Waals surface area contributed by atoms with E-state index < -0.39 is 23.8 Å². The standard InChI is InChI=1S/C18H22F2N4O4S/c1-11(25)22-3-5-23(6-4-22)16-14(19)7-12(8-15(16)20)24-10-13(28-18(24)26)9-21-17(29)27-2/h7-8,13H,3-6,9-10H2,1-2H3,(H,21,29). The highest BCUT2D eigenvalue weighted by Crippen LogP contribution is 2.31. The van der Waals surface area contributed by atoms with E-state index in [1.807, 2.05) is 0 Å². The van der Waals surface area contributed by atoms with Crippen LogP contribution < -0.4 is 15.1 Å². The molecule has 158 valence electrons. The Morgan fingerprint density at radius 2 is 1.90 bits per heavy atom. The van der Waals surface area contributed by atoms with E-state index in [9.17, 15) is 18.4 Å². The van der Waals surface area contributed by atoms with Gasteiger partial charge >= 0.3 is 6.09 Å². The van der Waals surface area contributed by atoms with Gasteiger partial charge in [0.1, 0.15) is 11.8 Å². The summed E-state index contributed by atoms with van der Waals surface area (Å²) in [6.07, 6.45) is -1.23. The van der Waals surface area contributed by atoms with Crippen LogP contribution >= 0.6 is 12.2 Å². The zero-order chi connectivity index (χ0) is 21.1. The van der Waals surface area contributed by atoms with E-state index in [1.165, 1.54) is 18.9 Å². The van der Waals surface area contributed by atoms with Gasteiger partial charge < -0.3 is 24.6 Å². The summed E-state index contributed by atoms with van der Waals surface area (Å²) in [7, 11) is 1.41. The van der Waals surface area contributed by atoms with Crippen LogP contribution in [0.15, 0.2) is 12.1 Å². The molecule has 29 heavy (non-hydrogen) atoms. The number of thiocarbonyl (C=S) groups is 1. The fourth-order valence-corrected chi connectivity index (χ4v) is 3.45. The van der Waals surface area contributed by atoms with Crippen LogP contribution in [0.1, 0.15) is 6.92 Å². The molecule has 2 heterocycles. The van der Waals surface area contributed by atoms with Crippen molar-refractivity contribution in [3.63, 3.8) is 0 Å². The Bertz CT molecular complexity index is 794. The second-order valence-corrected chi connectivity index (χ2v) is 7.11. The Morgan fingerprint density at radius 1 is 1.28 bits per heavy atom. The van der Waals surface area contributed by atoms with Crippen molar-refractivity contribution in [2.24, 2.45) is 0 Å². The fraction of sp³-hybridized carbons (Fsp3) is 0.500. The molecule has 0 radical (unpaired) electrons. The Morgan fingerprint density at radius 3 is 2.45 bits per heavy atom. The molecule has 1 atom stereocenters. The molecular formula is C18H22F2N4O4S. The molecule has 2 fully saturated rings. The molecule has 2 saturated heterocycles. The van der Waals surface area contributed by atoms with Crippen molar-refractivity contribution in [2.45, 2.75) is 13.0 Å². The summed E-state index contributed by atoms with van der Waals surface area (Å²) < 4.78 is 39.5. The number of cyclic esters (lactones) is 1. The molecule has 1 aromatic rings. The first-order valence-corrected chi connectivity index (χ1v) is 9.50. The van der Waals surface area contributed by atoms with E-state index in [4.69, 9.17) is 21.7 Å². The van der Waals surface area contributed by atoms with Gasteiger partial charge in [-0.15, -0.1) is 0 Å². The Kier molecular flexibility index (Phi) is 6.36. The molecule has 2 aliphatic rings.